The van der Waals surface area contributed by atoms with Crippen molar-refractivity contribution >= 4 is 0 Å². The molecule has 0 spiro atoms. The topological polar surface area (TPSA) is 52.4 Å². The predicted octanol–water partition coefficient (Wildman–Crippen LogP) is 0.849. The summed E-state index contributed by atoms with van der Waals surface area (Å²) in [5.41, 5.74) is 1.56. The average Bonchev–Trinajstić information content (AvgIpc) is 2.94. The zero-order valence-corrected chi connectivity index (χ0v) is 12.9. The number of ether oxygens (including phenoxy) is 3. The molecule has 8 heteroatoms. The summed E-state index contributed by atoms with van der Waals surface area (Å²) in [5.74, 6) is 1.39. The van der Waals surface area contributed by atoms with Crippen LogP contribution in [0, 0.1) is 0 Å². The molecule has 0 radical (unpaired) electrons. The molecule has 0 aliphatic carbocycles. The van der Waals surface area contributed by atoms with Crippen molar-refractivity contribution in [2.75, 3.05) is 27.5 Å². The number of rotatable bonds is 3. The van der Waals surface area contributed by atoms with E-state index in [0.717, 1.165) is 10.5 Å². The number of likely N-dealkylation sites (N-methyl/N-ethyl adjacent to an activating group) is 1. The fourth-order valence-corrected chi connectivity index (χ4v) is 3.30. The van der Waals surface area contributed by atoms with Gasteiger partial charge in [0, 0.05) is 12.8 Å². The van der Waals surface area contributed by atoms with Gasteiger partial charge in [0.25, 0.3) is 0 Å². The summed E-state index contributed by atoms with van der Waals surface area (Å²) in [4.78, 5) is 0.901. The van der Waals surface area contributed by atoms with Crippen molar-refractivity contribution in [2.24, 2.45) is 0 Å². The Labute approximate surface area is 131 Å². The summed E-state index contributed by atoms with van der Waals surface area (Å²) >= 11 is 0. The van der Waals surface area contributed by atoms with Crippen LogP contribution in [0.25, 0.3) is 0 Å². The van der Waals surface area contributed by atoms with Crippen LogP contribution in [0.2, 0.25) is 0 Å². The minimum atomic E-state index is -4.64. The summed E-state index contributed by atoms with van der Waals surface area (Å²) < 4.78 is 54.5. The Morgan fingerprint density at radius 1 is 1.43 bits per heavy atom. The Hall–Kier alpha value is -1.67. The summed E-state index contributed by atoms with van der Waals surface area (Å²) in [7, 11) is 3.28. The van der Waals surface area contributed by atoms with Crippen LogP contribution in [-0.4, -0.2) is 44.9 Å². The van der Waals surface area contributed by atoms with E-state index in [-0.39, 0.29) is 6.79 Å². The Morgan fingerprint density at radius 2 is 2.17 bits per heavy atom. The van der Waals surface area contributed by atoms with Gasteiger partial charge in [-0.3, -0.25) is 0 Å². The van der Waals surface area contributed by atoms with E-state index in [1.54, 1.807) is 6.07 Å². The first-order valence-electron chi connectivity index (χ1n) is 7.39. The molecule has 1 aromatic carbocycles. The van der Waals surface area contributed by atoms with Gasteiger partial charge in [0.15, 0.2) is 17.6 Å². The second kappa shape index (κ2) is 5.76. The zero-order valence-electron chi connectivity index (χ0n) is 12.9. The van der Waals surface area contributed by atoms with Crippen molar-refractivity contribution in [2.45, 2.75) is 31.2 Å². The molecule has 0 aromatic heterocycles. The van der Waals surface area contributed by atoms with Crippen LogP contribution < -0.4 is 19.1 Å². The third kappa shape index (κ3) is 2.81. The largest absolute Gasteiger partial charge is 0.492 e. The van der Waals surface area contributed by atoms with Crippen LogP contribution in [0.4, 0.5) is 13.2 Å². The number of nitrogens with one attached hydrogen (secondary N) is 1. The fraction of sp³-hybridized carbons (Fsp3) is 0.600. The number of hydrogen-bond acceptors (Lipinski definition) is 4. The third-order valence-electron chi connectivity index (χ3n) is 4.52. The van der Waals surface area contributed by atoms with E-state index < -0.39 is 24.7 Å². The van der Waals surface area contributed by atoms with E-state index in [4.69, 9.17) is 14.2 Å². The number of halogens is 3. The van der Waals surface area contributed by atoms with Crippen LogP contribution in [0.15, 0.2) is 6.07 Å². The van der Waals surface area contributed by atoms with Gasteiger partial charge in [0.1, 0.15) is 6.04 Å². The average molecular weight is 334 g/mol. The molecule has 3 atom stereocenters. The molecule has 2 aliphatic heterocycles. The molecular weight excluding hydrogens is 315 g/mol. The van der Waals surface area contributed by atoms with Crippen molar-refractivity contribution in [3.05, 3.63) is 17.2 Å². The SMILES string of the molecule is COc1c2c(cc3c1[C@@H](C[C@@H](O)C(F)(F)F)[NH+](C)CC3)OCO2. The minimum Gasteiger partial charge on any atom is -0.492 e. The van der Waals surface area contributed by atoms with Crippen molar-refractivity contribution in [1.29, 1.82) is 0 Å². The minimum absolute atomic E-state index is 0.0626. The molecule has 0 amide bonds. The standard InChI is InChI=1S/C15H18F3NO4/c1-19-4-3-8-5-10-13(23-7-22-10)14(21-2)12(8)9(19)6-11(20)15(16,17)18/h5,9,11,20H,3-4,6-7H2,1-2H3/p+1/t9-,11-/m1/s1. The van der Waals surface area contributed by atoms with Gasteiger partial charge in [-0.2, -0.15) is 13.2 Å². The Bertz CT molecular complexity index is 605. The van der Waals surface area contributed by atoms with Crippen molar-refractivity contribution in [3.8, 4) is 17.2 Å². The quantitative estimate of drug-likeness (QED) is 0.861. The number of methoxy groups -OCH3 is 1. The van der Waals surface area contributed by atoms with Gasteiger partial charge in [0.05, 0.1) is 26.3 Å². The maximum Gasteiger partial charge on any atom is 0.414 e. The maximum atomic E-state index is 12.8. The molecule has 5 nitrogen and oxygen atoms in total. The smallest absolute Gasteiger partial charge is 0.414 e. The Morgan fingerprint density at radius 3 is 2.83 bits per heavy atom. The normalized spacial score (nSPS) is 24.3. The molecule has 2 N–H and O–H groups in total. The van der Waals surface area contributed by atoms with E-state index in [1.807, 2.05) is 7.05 Å². The van der Waals surface area contributed by atoms with Gasteiger partial charge in [0.2, 0.25) is 12.5 Å². The lowest BCUT2D eigenvalue weighted by Gasteiger charge is -2.34. The van der Waals surface area contributed by atoms with E-state index in [9.17, 15) is 18.3 Å². The first kappa shape index (κ1) is 16.2. The lowest BCUT2D eigenvalue weighted by Crippen LogP contribution is -3.10. The summed E-state index contributed by atoms with van der Waals surface area (Å²) in [6, 6.07) is 1.28. The Kier molecular flexibility index (Phi) is 4.05. The number of quaternary nitrogens is 1. The molecule has 2 aliphatic rings. The maximum absolute atomic E-state index is 12.8. The number of alkyl halides is 3. The zero-order chi connectivity index (χ0) is 16.8. The Balaban J connectivity index is 2.04. The monoisotopic (exact) mass is 334 g/mol. The second-order valence-corrected chi connectivity index (χ2v) is 5.91. The fourth-order valence-electron chi connectivity index (χ4n) is 3.30. The van der Waals surface area contributed by atoms with Crippen LogP contribution in [0.1, 0.15) is 23.6 Å². The molecule has 1 aromatic rings. The first-order valence-corrected chi connectivity index (χ1v) is 7.39. The van der Waals surface area contributed by atoms with Gasteiger partial charge in [-0.05, 0) is 11.6 Å². The molecule has 2 heterocycles. The lowest BCUT2D eigenvalue weighted by molar-refractivity contribution is -0.915. The van der Waals surface area contributed by atoms with Gasteiger partial charge in [-0.15, -0.1) is 0 Å². The highest BCUT2D eigenvalue weighted by Gasteiger charge is 2.44. The number of aliphatic hydroxyl groups excluding tert-OH is 1. The first-order chi connectivity index (χ1) is 10.8. The highest BCUT2D eigenvalue weighted by molar-refractivity contribution is 5.61. The van der Waals surface area contributed by atoms with Crippen LogP contribution in [0.3, 0.4) is 0 Å². The summed E-state index contributed by atoms with van der Waals surface area (Å²) in [5, 5.41) is 9.50. The van der Waals surface area contributed by atoms with E-state index in [2.05, 4.69) is 0 Å². The number of fused-ring (bicyclic) bond motifs is 2. The molecule has 0 fully saturated rings. The number of hydrogen-bond donors (Lipinski definition) is 2. The predicted molar refractivity (Wildman–Crippen MR) is 74.0 cm³/mol. The van der Waals surface area contributed by atoms with Gasteiger partial charge >= 0.3 is 6.18 Å². The molecule has 0 saturated heterocycles. The molecule has 1 unspecified atom stereocenters. The second-order valence-electron chi connectivity index (χ2n) is 5.91. The third-order valence-corrected chi connectivity index (χ3v) is 4.52. The highest BCUT2D eigenvalue weighted by Crippen LogP contribution is 2.48. The van der Waals surface area contributed by atoms with Crippen LogP contribution in [0.5, 0.6) is 17.2 Å². The highest BCUT2D eigenvalue weighted by atomic mass is 19.4. The number of benzene rings is 1. The molecule has 0 saturated carbocycles. The van der Waals surface area contributed by atoms with Gasteiger partial charge in [-0.25, -0.2) is 0 Å². The van der Waals surface area contributed by atoms with Crippen molar-refractivity contribution in [1.82, 2.24) is 0 Å². The lowest BCUT2D eigenvalue weighted by atomic mass is 9.88. The van der Waals surface area contributed by atoms with E-state index in [0.29, 0.717) is 35.8 Å². The van der Waals surface area contributed by atoms with E-state index >= 15 is 0 Å². The van der Waals surface area contributed by atoms with Crippen LogP contribution >= 0.6 is 0 Å². The molecule has 23 heavy (non-hydrogen) atoms. The molecule has 0 bridgehead atoms. The molecular formula is C15H19F3NO4+. The molecule has 128 valence electrons. The summed E-state index contributed by atoms with van der Waals surface area (Å²) in [6.45, 7) is 0.734. The van der Waals surface area contributed by atoms with Crippen molar-refractivity contribution in [3.63, 3.8) is 0 Å². The van der Waals surface area contributed by atoms with Gasteiger partial charge < -0.3 is 24.2 Å². The van der Waals surface area contributed by atoms with Crippen LogP contribution in [-0.2, 0) is 6.42 Å². The molecule has 3 rings (SSSR count). The van der Waals surface area contributed by atoms with Gasteiger partial charge in [-0.1, -0.05) is 0 Å². The summed E-state index contributed by atoms with van der Waals surface area (Å²) in [6.07, 6.45) is -6.73. The number of aliphatic hydroxyl groups is 1. The van der Waals surface area contributed by atoms with Crippen molar-refractivity contribution < 1.29 is 37.4 Å². The van der Waals surface area contributed by atoms with E-state index in [1.165, 1.54) is 7.11 Å².